The van der Waals surface area contributed by atoms with E-state index >= 15 is 0 Å². The first kappa shape index (κ1) is 19.7. The lowest BCUT2D eigenvalue weighted by molar-refractivity contribution is -0.121. The van der Waals surface area contributed by atoms with Gasteiger partial charge in [0.15, 0.2) is 11.5 Å². The summed E-state index contributed by atoms with van der Waals surface area (Å²) < 4.78 is 37.6. The molecule has 2 heterocycles. The minimum absolute atomic E-state index is 0.150. The number of sulfonamides is 1. The van der Waals surface area contributed by atoms with E-state index in [1.165, 1.54) is 4.31 Å². The molecule has 0 saturated carbocycles. The molecule has 2 aromatic carbocycles. The van der Waals surface area contributed by atoms with E-state index in [1.54, 1.807) is 48.5 Å². The van der Waals surface area contributed by atoms with Crippen molar-refractivity contribution in [3.63, 3.8) is 0 Å². The molecule has 1 atom stereocenters. The zero-order valence-electron chi connectivity index (χ0n) is 16.1. The third-order valence-electron chi connectivity index (χ3n) is 5.22. The average molecular weight is 417 g/mol. The second-order valence-electron chi connectivity index (χ2n) is 6.99. The lowest BCUT2D eigenvalue weighted by Gasteiger charge is -2.36. The second kappa shape index (κ2) is 8.02. The van der Waals surface area contributed by atoms with Gasteiger partial charge in [-0.3, -0.25) is 9.69 Å². The monoisotopic (exact) mass is 417 g/mol. The van der Waals surface area contributed by atoms with E-state index in [1.807, 2.05) is 11.8 Å². The highest BCUT2D eigenvalue weighted by atomic mass is 32.2. The maximum atomic E-state index is 12.7. The fraction of sp³-hybridized carbons (Fsp3) is 0.350. The fourth-order valence-corrected chi connectivity index (χ4v) is 4.90. The number of rotatable bonds is 5. The van der Waals surface area contributed by atoms with Crippen molar-refractivity contribution in [3.8, 4) is 11.5 Å². The predicted molar refractivity (Wildman–Crippen MR) is 107 cm³/mol. The van der Waals surface area contributed by atoms with E-state index in [4.69, 9.17) is 9.47 Å². The van der Waals surface area contributed by atoms with Crippen molar-refractivity contribution < 1.29 is 22.7 Å². The molecule has 1 N–H and O–H groups in total. The van der Waals surface area contributed by atoms with Gasteiger partial charge < -0.3 is 14.8 Å². The number of fused-ring (bicyclic) bond motifs is 1. The first-order chi connectivity index (χ1) is 13.9. The molecule has 8 nitrogen and oxygen atoms in total. The number of nitrogens with one attached hydrogen (secondary N) is 1. The Kier molecular flexibility index (Phi) is 5.44. The molecule has 0 unspecified atom stereocenters. The molecule has 0 bridgehead atoms. The van der Waals surface area contributed by atoms with Gasteiger partial charge in [0.25, 0.3) is 0 Å². The molecule has 154 valence electrons. The largest absolute Gasteiger partial charge is 0.454 e. The minimum atomic E-state index is -3.51. The first-order valence-corrected chi connectivity index (χ1v) is 10.9. The first-order valence-electron chi connectivity index (χ1n) is 9.45. The number of benzene rings is 2. The summed E-state index contributed by atoms with van der Waals surface area (Å²) in [6, 6.07) is 13.3. The van der Waals surface area contributed by atoms with Crippen molar-refractivity contribution >= 4 is 21.6 Å². The van der Waals surface area contributed by atoms with Gasteiger partial charge in [-0.1, -0.05) is 18.2 Å². The summed E-state index contributed by atoms with van der Waals surface area (Å²) >= 11 is 0. The molecule has 0 radical (unpaired) electrons. The Bertz CT molecular complexity index is 988. The van der Waals surface area contributed by atoms with Crippen molar-refractivity contribution in [2.24, 2.45) is 0 Å². The summed E-state index contributed by atoms with van der Waals surface area (Å²) in [4.78, 5) is 14.9. The standard InChI is InChI=1S/C20H23N3O5S/c1-15(20(24)21-16-7-8-18-19(13-16)28-14-27-18)22-9-11-23(12-10-22)29(25,26)17-5-3-2-4-6-17/h2-8,13,15H,9-12,14H2,1H3,(H,21,24)/t15-/m0/s1. The molecule has 4 rings (SSSR count). The number of amides is 1. The Labute approximate surface area is 170 Å². The molecule has 2 aliphatic rings. The van der Waals surface area contributed by atoms with Crippen molar-refractivity contribution in [1.29, 1.82) is 0 Å². The molecule has 2 aromatic rings. The average Bonchev–Trinajstić information content (AvgIpc) is 3.22. The summed E-state index contributed by atoms with van der Waals surface area (Å²) in [5.74, 6) is 1.12. The lowest BCUT2D eigenvalue weighted by Crippen LogP contribution is -2.53. The number of carbonyl (C=O) groups excluding carboxylic acids is 1. The van der Waals surface area contributed by atoms with Crippen LogP contribution < -0.4 is 14.8 Å². The highest BCUT2D eigenvalue weighted by Gasteiger charge is 2.31. The maximum Gasteiger partial charge on any atom is 0.243 e. The second-order valence-corrected chi connectivity index (χ2v) is 8.92. The van der Waals surface area contributed by atoms with Gasteiger partial charge in [0.2, 0.25) is 22.7 Å². The topological polar surface area (TPSA) is 88.2 Å². The number of hydrogen-bond acceptors (Lipinski definition) is 6. The van der Waals surface area contributed by atoms with Crippen LogP contribution in [0.2, 0.25) is 0 Å². The fourth-order valence-electron chi connectivity index (χ4n) is 3.46. The molecular weight excluding hydrogens is 394 g/mol. The normalized spacial score (nSPS) is 18.4. The zero-order valence-corrected chi connectivity index (χ0v) is 16.9. The van der Waals surface area contributed by atoms with Crippen molar-refractivity contribution in [3.05, 3.63) is 48.5 Å². The zero-order chi connectivity index (χ0) is 20.4. The Balaban J connectivity index is 1.35. The number of anilines is 1. The highest BCUT2D eigenvalue weighted by molar-refractivity contribution is 7.89. The summed E-state index contributed by atoms with van der Waals surface area (Å²) in [6.45, 7) is 3.67. The quantitative estimate of drug-likeness (QED) is 0.798. The number of hydrogen-bond donors (Lipinski definition) is 1. The third-order valence-corrected chi connectivity index (χ3v) is 7.13. The summed E-state index contributed by atoms with van der Waals surface area (Å²) in [5, 5.41) is 2.89. The molecule has 29 heavy (non-hydrogen) atoms. The highest BCUT2D eigenvalue weighted by Crippen LogP contribution is 2.34. The predicted octanol–water partition coefficient (Wildman–Crippen LogP) is 1.75. The Morgan fingerprint density at radius 3 is 2.41 bits per heavy atom. The van der Waals surface area contributed by atoms with Gasteiger partial charge in [-0.15, -0.1) is 0 Å². The third kappa shape index (κ3) is 4.07. The molecule has 1 saturated heterocycles. The molecule has 0 aromatic heterocycles. The molecule has 0 spiro atoms. The van der Waals surface area contributed by atoms with E-state index in [-0.39, 0.29) is 18.7 Å². The SMILES string of the molecule is C[C@@H](C(=O)Nc1ccc2c(c1)OCO2)N1CCN(S(=O)(=O)c2ccccc2)CC1. The van der Waals surface area contributed by atoms with Crippen molar-refractivity contribution in [2.45, 2.75) is 17.9 Å². The Morgan fingerprint density at radius 1 is 1.00 bits per heavy atom. The van der Waals surface area contributed by atoms with E-state index in [2.05, 4.69) is 5.32 Å². The Hall–Kier alpha value is -2.62. The summed E-state index contributed by atoms with van der Waals surface area (Å²) in [5.41, 5.74) is 0.636. The van der Waals surface area contributed by atoms with Gasteiger partial charge >= 0.3 is 0 Å². The van der Waals surface area contributed by atoms with Crippen LogP contribution in [0, 0.1) is 0 Å². The summed E-state index contributed by atoms with van der Waals surface area (Å²) in [6.07, 6.45) is 0. The minimum Gasteiger partial charge on any atom is -0.454 e. The maximum absolute atomic E-state index is 12.7. The van der Waals surface area contributed by atoms with Gasteiger partial charge in [-0.05, 0) is 31.2 Å². The van der Waals surface area contributed by atoms with Crippen LogP contribution in [0.3, 0.4) is 0 Å². The van der Waals surface area contributed by atoms with E-state index < -0.39 is 10.0 Å². The molecule has 2 aliphatic heterocycles. The Morgan fingerprint density at radius 2 is 1.69 bits per heavy atom. The molecule has 9 heteroatoms. The van der Waals surface area contributed by atoms with Crippen LogP contribution in [-0.4, -0.2) is 62.5 Å². The number of piperazine rings is 1. The van der Waals surface area contributed by atoms with Crippen LogP contribution in [0.5, 0.6) is 11.5 Å². The van der Waals surface area contributed by atoms with Gasteiger partial charge in [-0.2, -0.15) is 4.31 Å². The van der Waals surface area contributed by atoms with E-state index in [9.17, 15) is 13.2 Å². The number of ether oxygens (including phenoxy) is 2. The van der Waals surface area contributed by atoms with Crippen molar-refractivity contribution in [1.82, 2.24) is 9.21 Å². The number of nitrogens with zero attached hydrogens (tertiary/aromatic N) is 2. The van der Waals surface area contributed by atoms with E-state index in [0.717, 1.165) is 0 Å². The van der Waals surface area contributed by atoms with Gasteiger partial charge in [0.1, 0.15) is 0 Å². The molecular formula is C20H23N3O5S. The lowest BCUT2D eigenvalue weighted by atomic mass is 10.2. The van der Waals surface area contributed by atoms with Gasteiger partial charge in [0, 0.05) is 37.9 Å². The summed E-state index contributed by atoms with van der Waals surface area (Å²) in [7, 11) is -3.51. The van der Waals surface area contributed by atoms with Crippen LogP contribution in [-0.2, 0) is 14.8 Å². The van der Waals surface area contributed by atoms with E-state index in [0.29, 0.717) is 48.3 Å². The smallest absolute Gasteiger partial charge is 0.243 e. The van der Waals surface area contributed by atoms with Crippen LogP contribution in [0.1, 0.15) is 6.92 Å². The van der Waals surface area contributed by atoms with Crippen LogP contribution in [0.15, 0.2) is 53.4 Å². The van der Waals surface area contributed by atoms with Gasteiger partial charge in [0.05, 0.1) is 10.9 Å². The molecule has 0 aliphatic carbocycles. The van der Waals surface area contributed by atoms with Crippen LogP contribution in [0.25, 0.3) is 0 Å². The molecule has 1 fully saturated rings. The number of carbonyl (C=O) groups is 1. The van der Waals surface area contributed by atoms with Gasteiger partial charge in [-0.25, -0.2) is 8.42 Å². The van der Waals surface area contributed by atoms with Crippen molar-refractivity contribution in [2.75, 3.05) is 38.3 Å². The molecule has 1 amide bonds. The van der Waals surface area contributed by atoms with Crippen LogP contribution in [0.4, 0.5) is 5.69 Å². The van der Waals surface area contributed by atoms with Crippen LogP contribution >= 0.6 is 0 Å².